The molecule has 0 radical (unpaired) electrons. The molecule has 0 bridgehead atoms. The Hall–Kier alpha value is -3.04. The summed E-state index contributed by atoms with van der Waals surface area (Å²) in [5.74, 6) is 1.53. The molecule has 2 aromatic rings. The van der Waals surface area contributed by atoms with Gasteiger partial charge in [0.05, 0.1) is 4.91 Å². The molecule has 1 N–H and O–H groups in total. The topological polar surface area (TPSA) is 77.1 Å². The fourth-order valence-corrected chi connectivity index (χ4v) is 4.54. The van der Waals surface area contributed by atoms with Gasteiger partial charge in [-0.15, -0.1) is 0 Å². The van der Waals surface area contributed by atoms with Gasteiger partial charge in [0.2, 0.25) is 6.79 Å². The minimum absolute atomic E-state index is 0.184. The number of carbonyl (C=O) groups is 2. The lowest BCUT2D eigenvalue weighted by molar-refractivity contribution is -0.128. The molecule has 2 aliphatic rings. The number of ether oxygens (including phenoxy) is 3. The summed E-state index contributed by atoms with van der Waals surface area (Å²) in [6, 6.07) is 13.0. The number of rotatable bonds is 7. The number of thiocarbonyl (C=S) groups is 1. The van der Waals surface area contributed by atoms with Crippen LogP contribution in [0.2, 0.25) is 0 Å². The Morgan fingerprint density at radius 3 is 2.91 bits per heavy atom. The Morgan fingerprint density at radius 2 is 2.09 bits per heavy atom. The molecular weight excluding hydrogens is 448 g/mol. The molecule has 9 heteroatoms. The molecule has 1 saturated heterocycles. The number of thioether (sulfide) groups is 1. The Bertz CT molecular complexity index is 1100. The maximum atomic E-state index is 12.8. The maximum absolute atomic E-state index is 12.8. The average Bonchev–Trinajstić information content (AvgIpc) is 3.33. The van der Waals surface area contributed by atoms with Gasteiger partial charge in [0.25, 0.3) is 11.8 Å². The van der Waals surface area contributed by atoms with Crippen LogP contribution in [0.25, 0.3) is 6.08 Å². The van der Waals surface area contributed by atoms with E-state index in [-0.39, 0.29) is 31.7 Å². The fraction of sp³-hybridized carbons (Fsp3) is 0.261. The number of nitrogens with zero attached hydrogens (tertiary/aromatic N) is 1. The largest absolute Gasteiger partial charge is 0.481 e. The lowest BCUT2D eigenvalue weighted by atomic mass is 10.2. The van der Waals surface area contributed by atoms with Crippen molar-refractivity contribution in [2.24, 2.45) is 0 Å². The third-order valence-electron chi connectivity index (χ3n) is 4.87. The first-order valence-corrected chi connectivity index (χ1v) is 11.3. The third kappa shape index (κ3) is 5.05. The van der Waals surface area contributed by atoms with Gasteiger partial charge in [-0.05, 0) is 55.3 Å². The second-order valence-electron chi connectivity index (χ2n) is 7.31. The minimum Gasteiger partial charge on any atom is -0.481 e. The van der Waals surface area contributed by atoms with E-state index in [1.54, 1.807) is 13.0 Å². The number of amides is 2. The smallest absolute Gasteiger partial charge is 0.266 e. The summed E-state index contributed by atoms with van der Waals surface area (Å²) in [7, 11) is 0. The molecule has 7 nitrogen and oxygen atoms in total. The highest BCUT2D eigenvalue weighted by Crippen LogP contribution is 2.36. The first kappa shape index (κ1) is 22.2. The summed E-state index contributed by atoms with van der Waals surface area (Å²) < 4.78 is 16.8. The van der Waals surface area contributed by atoms with Crippen LogP contribution in [0.15, 0.2) is 47.4 Å². The van der Waals surface area contributed by atoms with Gasteiger partial charge in [-0.1, -0.05) is 42.2 Å². The van der Waals surface area contributed by atoms with Crippen molar-refractivity contribution in [1.29, 1.82) is 0 Å². The quantitative estimate of drug-likeness (QED) is 0.490. The van der Waals surface area contributed by atoms with Crippen LogP contribution in [0, 0.1) is 6.92 Å². The van der Waals surface area contributed by atoms with Crippen LogP contribution >= 0.6 is 24.0 Å². The van der Waals surface area contributed by atoms with Crippen molar-refractivity contribution in [3.8, 4) is 17.2 Å². The van der Waals surface area contributed by atoms with E-state index in [2.05, 4.69) is 5.32 Å². The van der Waals surface area contributed by atoms with E-state index >= 15 is 0 Å². The van der Waals surface area contributed by atoms with Gasteiger partial charge < -0.3 is 19.5 Å². The van der Waals surface area contributed by atoms with Crippen LogP contribution in [0.5, 0.6) is 17.2 Å². The zero-order valence-electron chi connectivity index (χ0n) is 17.6. The van der Waals surface area contributed by atoms with E-state index in [9.17, 15) is 9.59 Å². The summed E-state index contributed by atoms with van der Waals surface area (Å²) in [4.78, 5) is 27.2. The molecule has 0 saturated carbocycles. The SMILES string of the molecule is Cc1cccc(OC(C)C(=O)NCCN2C(=O)/C(=C\c3ccc4c(c3)OCO4)SC2=S)c1. The maximum Gasteiger partial charge on any atom is 0.266 e. The van der Waals surface area contributed by atoms with Crippen molar-refractivity contribution in [3.05, 3.63) is 58.5 Å². The van der Waals surface area contributed by atoms with Gasteiger partial charge in [-0.3, -0.25) is 14.5 Å². The van der Waals surface area contributed by atoms with Gasteiger partial charge in [0.1, 0.15) is 10.1 Å². The van der Waals surface area contributed by atoms with E-state index in [0.717, 1.165) is 11.1 Å². The molecule has 2 aliphatic heterocycles. The Kier molecular flexibility index (Phi) is 6.66. The Labute approximate surface area is 195 Å². The van der Waals surface area contributed by atoms with Crippen molar-refractivity contribution in [2.45, 2.75) is 20.0 Å². The number of carbonyl (C=O) groups excluding carboxylic acids is 2. The number of nitrogens with one attached hydrogen (secondary N) is 1. The third-order valence-corrected chi connectivity index (χ3v) is 6.25. The number of fused-ring (bicyclic) bond motifs is 1. The van der Waals surface area contributed by atoms with Crippen LogP contribution in [-0.4, -0.2) is 47.0 Å². The van der Waals surface area contributed by atoms with Gasteiger partial charge in [0.15, 0.2) is 17.6 Å². The molecule has 2 amide bonds. The Morgan fingerprint density at radius 1 is 1.28 bits per heavy atom. The summed E-state index contributed by atoms with van der Waals surface area (Å²) >= 11 is 6.60. The van der Waals surface area contributed by atoms with E-state index in [1.807, 2.05) is 49.4 Å². The highest BCUT2D eigenvalue weighted by Gasteiger charge is 2.32. The first-order valence-electron chi connectivity index (χ1n) is 10.1. The normalized spacial score (nSPS) is 17.1. The van der Waals surface area contributed by atoms with E-state index < -0.39 is 6.10 Å². The molecular formula is C23H22N2O5S2. The Balaban J connectivity index is 1.30. The summed E-state index contributed by atoms with van der Waals surface area (Å²) in [5.41, 5.74) is 1.88. The number of hydrogen-bond acceptors (Lipinski definition) is 7. The van der Waals surface area contributed by atoms with Crippen molar-refractivity contribution in [3.63, 3.8) is 0 Å². The molecule has 1 unspecified atom stereocenters. The molecule has 2 heterocycles. The zero-order valence-corrected chi connectivity index (χ0v) is 19.3. The fourth-order valence-electron chi connectivity index (χ4n) is 3.23. The monoisotopic (exact) mass is 470 g/mol. The van der Waals surface area contributed by atoms with Crippen molar-refractivity contribution >= 4 is 46.2 Å². The number of hydrogen-bond donors (Lipinski definition) is 1. The van der Waals surface area contributed by atoms with Gasteiger partial charge in [-0.2, -0.15) is 0 Å². The standard InChI is InChI=1S/C23H22N2O5S2/c1-14-4-3-5-17(10-14)30-15(2)21(26)24-8-9-25-22(27)20(32-23(25)31)12-16-6-7-18-19(11-16)29-13-28-18/h3-7,10-12,15H,8-9,13H2,1-2H3,(H,24,26)/b20-12+. The van der Waals surface area contributed by atoms with Gasteiger partial charge >= 0.3 is 0 Å². The predicted octanol–water partition coefficient (Wildman–Crippen LogP) is 3.51. The van der Waals surface area contributed by atoms with Gasteiger partial charge in [0, 0.05) is 13.1 Å². The first-order chi connectivity index (χ1) is 15.4. The van der Waals surface area contributed by atoms with Crippen molar-refractivity contribution < 1.29 is 23.8 Å². The van der Waals surface area contributed by atoms with Crippen LogP contribution in [0.1, 0.15) is 18.1 Å². The van der Waals surface area contributed by atoms with Crippen LogP contribution < -0.4 is 19.5 Å². The zero-order chi connectivity index (χ0) is 22.7. The van der Waals surface area contributed by atoms with Crippen molar-refractivity contribution in [2.75, 3.05) is 19.9 Å². The molecule has 166 valence electrons. The van der Waals surface area contributed by atoms with Gasteiger partial charge in [-0.25, -0.2) is 0 Å². The molecule has 32 heavy (non-hydrogen) atoms. The lowest BCUT2D eigenvalue weighted by Crippen LogP contribution is -2.41. The summed E-state index contributed by atoms with van der Waals surface area (Å²) in [6.45, 7) is 4.39. The number of aryl methyl sites for hydroxylation is 1. The highest BCUT2D eigenvalue weighted by atomic mass is 32.2. The summed E-state index contributed by atoms with van der Waals surface area (Å²) in [6.07, 6.45) is 1.12. The van der Waals surface area contributed by atoms with Crippen LogP contribution in [0.3, 0.4) is 0 Å². The number of benzene rings is 2. The molecule has 2 aromatic carbocycles. The van der Waals surface area contributed by atoms with E-state index in [1.165, 1.54) is 16.7 Å². The molecule has 4 rings (SSSR count). The average molecular weight is 471 g/mol. The molecule has 0 aromatic heterocycles. The predicted molar refractivity (Wildman–Crippen MR) is 127 cm³/mol. The summed E-state index contributed by atoms with van der Waals surface area (Å²) in [5, 5.41) is 2.80. The second kappa shape index (κ2) is 9.62. The second-order valence-corrected chi connectivity index (χ2v) is 8.99. The van der Waals surface area contributed by atoms with Crippen LogP contribution in [0.4, 0.5) is 0 Å². The van der Waals surface area contributed by atoms with E-state index in [0.29, 0.717) is 26.5 Å². The molecule has 1 atom stereocenters. The van der Waals surface area contributed by atoms with Crippen LogP contribution in [-0.2, 0) is 9.59 Å². The molecule has 0 aliphatic carbocycles. The molecule has 0 spiro atoms. The highest BCUT2D eigenvalue weighted by molar-refractivity contribution is 8.26. The van der Waals surface area contributed by atoms with Crippen molar-refractivity contribution in [1.82, 2.24) is 10.2 Å². The lowest BCUT2D eigenvalue weighted by Gasteiger charge is -2.17. The molecule has 1 fully saturated rings. The minimum atomic E-state index is -0.658. The van der Waals surface area contributed by atoms with E-state index in [4.69, 9.17) is 26.4 Å².